The van der Waals surface area contributed by atoms with Gasteiger partial charge < -0.3 is 15.7 Å². The van der Waals surface area contributed by atoms with Crippen molar-refractivity contribution in [2.24, 2.45) is 5.73 Å². The number of aliphatic carboxylic acids is 1. The molecule has 0 aliphatic heterocycles. The fourth-order valence-corrected chi connectivity index (χ4v) is 1.93. The molecule has 0 saturated carbocycles. The molecule has 0 saturated heterocycles. The van der Waals surface area contributed by atoms with E-state index in [0.29, 0.717) is 12.1 Å². The van der Waals surface area contributed by atoms with Crippen LogP contribution in [0.25, 0.3) is 0 Å². The van der Waals surface area contributed by atoms with E-state index in [0.717, 1.165) is 12.8 Å². The van der Waals surface area contributed by atoms with Crippen molar-refractivity contribution in [1.82, 2.24) is 0 Å². The van der Waals surface area contributed by atoms with Gasteiger partial charge in [-0.1, -0.05) is 38.0 Å². The zero-order valence-electron chi connectivity index (χ0n) is 11.8. The molecule has 3 N–H and O–H groups in total. The van der Waals surface area contributed by atoms with Crippen LogP contribution in [0.5, 0.6) is 0 Å². The SMILES string of the molecule is CCCC[C@H](N)C(=O)N(CCC(=O)O)c1ccccc1. The predicted molar refractivity (Wildman–Crippen MR) is 78.5 cm³/mol. The van der Waals surface area contributed by atoms with E-state index in [4.69, 9.17) is 10.8 Å². The van der Waals surface area contributed by atoms with Crippen molar-refractivity contribution in [1.29, 1.82) is 0 Å². The molecule has 1 amide bonds. The lowest BCUT2D eigenvalue weighted by Gasteiger charge is -2.25. The Balaban J connectivity index is 2.81. The lowest BCUT2D eigenvalue weighted by molar-refractivity contribution is -0.136. The molecule has 5 heteroatoms. The summed E-state index contributed by atoms with van der Waals surface area (Å²) in [7, 11) is 0. The second-order valence-electron chi connectivity index (χ2n) is 4.72. The highest BCUT2D eigenvalue weighted by molar-refractivity contribution is 5.97. The third-order valence-corrected chi connectivity index (χ3v) is 3.07. The second kappa shape index (κ2) is 8.32. The molecule has 0 unspecified atom stereocenters. The van der Waals surface area contributed by atoms with Crippen molar-refractivity contribution in [2.75, 3.05) is 11.4 Å². The zero-order chi connectivity index (χ0) is 15.0. The van der Waals surface area contributed by atoms with Crippen LogP contribution in [0.2, 0.25) is 0 Å². The number of nitrogens with zero attached hydrogens (tertiary/aromatic N) is 1. The number of anilines is 1. The van der Waals surface area contributed by atoms with Crippen LogP contribution < -0.4 is 10.6 Å². The van der Waals surface area contributed by atoms with Crippen LogP contribution in [-0.2, 0) is 9.59 Å². The molecule has 0 radical (unpaired) electrons. The summed E-state index contributed by atoms with van der Waals surface area (Å²) in [5.74, 6) is -1.15. The monoisotopic (exact) mass is 278 g/mol. The van der Waals surface area contributed by atoms with Gasteiger partial charge in [0.1, 0.15) is 0 Å². The van der Waals surface area contributed by atoms with Crippen molar-refractivity contribution in [3.05, 3.63) is 30.3 Å². The summed E-state index contributed by atoms with van der Waals surface area (Å²) < 4.78 is 0. The number of carbonyl (C=O) groups is 2. The van der Waals surface area contributed by atoms with E-state index in [9.17, 15) is 9.59 Å². The van der Waals surface area contributed by atoms with E-state index in [-0.39, 0.29) is 18.9 Å². The topological polar surface area (TPSA) is 83.6 Å². The van der Waals surface area contributed by atoms with Gasteiger partial charge in [-0.05, 0) is 18.6 Å². The Morgan fingerprint density at radius 2 is 1.95 bits per heavy atom. The first-order valence-corrected chi connectivity index (χ1v) is 6.90. The van der Waals surface area contributed by atoms with Crippen molar-refractivity contribution in [3.8, 4) is 0 Å². The molecule has 0 spiro atoms. The van der Waals surface area contributed by atoms with Crippen molar-refractivity contribution >= 4 is 17.6 Å². The summed E-state index contributed by atoms with van der Waals surface area (Å²) in [4.78, 5) is 24.6. The summed E-state index contributed by atoms with van der Waals surface area (Å²) >= 11 is 0. The summed E-state index contributed by atoms with van der Waals surface area (Å²) in [6.45, 7) is 2.18. The van der Waals surface area contributed by atoms with Crippen molar-refractivity contribution in [3.63, 3.8) is 0 Å². The number of carboxylic acids is 1. The highest BCUT2D eigenvalue weighted by Gasteiger charge is 2.22. The zero-order valence-corrected chi connectivity index (χ0v) is 11.8. The molecule has 0 aliphatic carbocycles. The average Bonchev–Trinajstić information content (AvgIpc) is 2.45. The molecule has 1 atom stereocenters. The molecule has 0 heterocycles. The minimum absolute atomic E-state index is 0.0961. The smallest absolute Gasteiger partial charge is 0.305 e. The van der Waals surface area contributed by atoms with Crippen molar-refractivity contribution < 1.29 is 14.7 Å². The molecular weight excluding hydrogens is 256 g/mol. The van der Waals surface area contributed by atoms with E-state index >= 15 is 0 Å². The predicted octanol–water partition coefficient (Wildman–Crippen LogP) is 2.01. The van der Waals surface area contributed by atoms with Gasteiger partial charge >= 0.3 is 5.97 Å². The third-order valence-electron chi connectivity index (χ3n) is 3.07. The van der Waals surface area contributed by atoms with Gasteiger partial charge in [0, 0.05) is 12.2 Å². The van der Waals surface area contributed by atoms with Gasteiger partial charge in [-0.3, -0.25) is 9.59 Å². The second-order valence-corrected chi connectivity index (χ2v) is 4.72. The molecule has 1 aromatic carbocycles. The quantitative estimate of drug-likeness (QED) is 0.762. The number of amides is 1. The van der Waals surface area contributed by atoms with Crippen LogP contribution >= 0.6 is 0 Å². The van der Waals surface area contributed by atoms with E-state index in [2.05, 4.69) is 0 Å². The fourth-order valence-electron chi connectivity index (χ4n) is 1.93. The maximum absolute atomic E-state index is 12.4. The number of carboxylic acid groups (broad SMARTS) is 1. The van der Waals surface area contributed by atoms with Gasteiger partial charge in [0.15, 0.2) is 0 Å². The molecule has 20 heavy (non-hydrogen) atoms. The van der Waals surface area contributed by atoms with Crippen LogP contribution in [-0.4, -0.2) is 29.6 Å². The lowest BCUT2D eigenvalue weighted by Crippen LogP contribution is -2.44. The van der Waals surface area contributed by atoms with Crippen LogP contribution in [0.3, 0.4) is 0 Å². The first-order valence-electron chi connectivity index (χ1n) is 6.90. The molecule has 110 valence electrons. The van der Waals surface area contributed by atoms with E-state index < -0.39 is 12.0 Å². The highest BCUT2D eigenvalue weighted by atomic mass is 16.4. The number of benzene rings is 1. The van der Waals surface area contributed by atoms with E-state index in [1.165, 1.54) is 4.90 Å². The fraction of sp³-hybridized carbons (Fsp3) is 0.467. The van der Waals surface area contributed by atoms with Crippen molar-refractivity contribution in [2.45, 2.75) is 38.6 Å². The molecule has 0 bridgehead atoms. The van der Waals surface area contributed by atoms with Crippen LogP contribution in [0.1, 0.15) is 32.6 Å². The van der Waals surface area contributed by atoms with Gasteiger partial charge in [0.25, 0.3) is 0 Å². The summed E-state index contributed by atoms with van der Waals surface area (Å²) in [6.07, 6.45) is 2.38. The number of nitrogens with two attached hydrogens (primary N) is 1. The number of para-hydroxylation sites is 1. The first kappa shape index (κ1) is 16.2. The van der Waals surface area contributed by atoms with Gasteiger partial charge in [0.2, 0.25) is 5.91 Å². The maximum atomic E-state index is 12.4. The number of hydrogen-bond acceptors (Lipinski definition) is 3. The lowest BCUT2D eigenvalue weighted by atomic mass is 10.1. The Labute approximate surface area is 119 Å². The Kier molecular flexibility index (Phi) is 6.73. The Morgan fingerprint density at radius 1 is 1.30 bits per heavy atom. The van der Waals surface area contributed by atoms with Crippen LogP contribution in [0.4, 0.5) is 5.69 Å². The summed E-state index contributed by atoms with van der Waals surface area (Å²) in [5, 5.41) is 8.80. The number of rotatable bonds is 8. The molecule has 1 aromatic rings. The summed E-state index contributed by atoms with van der Waals surface area (Å²) in [5.41, 5.74) is 6.60. The van der Waals surface area contributed by atoms with E-state index in [1.807, 2.05) is 25.1 Å². The average molecular weight is 278 g/mol. The van der Waals surface area contributed by atoms with Gasteiger partial charge in [-0.25, -0.2) is 0 Å². The highest BCUT2D eigenvalue weighted by Crippen LogP contribution is 2.16. The number of carbonyl (C=O) groups excluding carboxylic acids is 1. The minimum atomic E-state index is -0.930. The Hall–Kier alpha value is -1.88. The largest absolute Gasteiger partial charge is 0.481 e. The third kappa shape index (κ3) is 5.01. The number of hydrogen-bond donors (Lipinski definition) is 2. The Morgan fingerprint density at radius 3 is 2.50 bits per heavy atom. The van der Waals surface area contributed by atoms with Crippen LogP contribution in [0, 0.1) is 0 Å². The molecule has 0 aliphatic rings. The van der Waals surface area contributed by atoms with Crippen LogP contribution in [0.15, 0.2) is 30.3 Å². The van der Waals surface area contributed by atoms with Gasteiger partial charge in [0.05, 0.1) is 12.5 Å². The summed E-state index contributed by atoms with van der Waals surface area (Å²) in [6, 6.07) is 8.46. The molecular formula is C15H22N2O3. The standard InChI is InChI=1S/C15H22N2O3/c1-2-3-9-13(16)15(20)17(11-10-14(18)19)12-7-5-4-6-8-12/h4-8,13H,2-3,9-11,16H2,1H3,(H,18,19)/t13-/m0/s1. The molecule has 0 fully saturated rings. The Bertz CT molecular complexity index is 434. The molecule has 1 rings (SSSR count). The first-order chi connectivity index (χ1) is 9.56. The van der Waals surface area contributed by atoms with Gasteiger partial charge in [-0.15, -0.1) is 0 Å². The number of unbranched alkanes of at least 4 members (excludes halogenated alkanes) is 1. The molecule has 5 nitrogen and oxygen atoms in total. The van der Waals surface area contributed by atoms with Gasteiger partial charge in [-0.2, -0.15) is 0 Å². The minimum Gasteiger partial charge on any atom is -0.481 e. The molecule has 0 aromatic heterocycles. The normalized spacial score (nSPS) is 11.9. The van der Waals surface area contributed by atoms with E-state index in [1.54, 1.807) is 12.1 Å². The maximum Gasteiger partial charge on any atom is 0.305 e.